The number of hydrogen-bond acceptors (Lipinski definition) is 3. The summed E-state index contributed by atoms with van der Waals surface area (Å²) in [7, 11) is 3.56. The maximum absolute atomic E-state index is 6.01. The maximum Gasteiger partial charge on any atom is 0.130 e. The molecule has 19 heavy (non-hydrogen) atoms. The number of rotatable bonds is 5. The largest absolute Gasteiger partial charge is 0.496 e. The van der Waals surface area contributed by atoms with Gasteiger partial charge in [0.15, 0.2) is 0 Å². The van der Waals surface area contributed by atoms with Crippen LogP contribution in [-0.2, 0) is 6.54 Å². The van der Waals surface area contributed by atoms with Gasteiger partial charge in [-0.25, -0.2) is 4.98 Å². The second-order valence-corrected chi connectivity index (χ2v) is 4.62. The highest BCUT2D eigenvalue weighted by Gasteiger charge is 2.20. The summed E-state index contributed by atoms with van der Waals surface area (Å²) in [6.45, 7) is 2.97. The predicted molar refractivity (Wildman–Crippen MR) is 76.8 cm³/mol. The zero-order valence-electron chi connectivity index (χ0n) is 11.4. The van der Waals surface area contributed by atoms with E-state index in [4.69, 9.17) is 16.3 Å². The fourth-order valence-electron chi connectivity index (χ4n) is 2.20. The van der Waals surface area contributed by atoms with Crippen molar-refractivity contribution in [1.82, 2.24) is 14.9 Å². The standard InChI is InChI=1S/C14H18ClN3O/c1-4-18-8-7-17-14(18)13(16-2)11-6-5-10(15)9-12(11)19-3/h5-9,13,16H,4H2,1-3H3. The van der Waals surface area contributed by atoms with E-state index in [9.17, 15) is 0 Å². The molecule has 1 aromatic carbocycles. The number of halogens is 1. The minimum atomic E-state index is -0.0258. The molecule has 0 spiro atoms. The van der Waals surface area contributed by atoms with E-state index in [0.29, 0.717) is 5.02 Å². The molecule has 0 fully saturated rings. The minimum absolute atomic E-state index is 0.0258. The topological polar surface area (TPSA) is 39.1 Å². The van der Waals surface area contributed by atoms with Gasteiger partial charge in [0.2, 0.25) is 0 Å². The Kier molecular flexibility index (Phi) is 4.45. The molecule has 2 aromatic rings. The van der Waals surface area contributed by atoms with Crippen molar-refractivity contribution in [2.75, 3.05) is 14.2 Å². The Balaban J connectivity index is 2.48. The summed E-state index contributed by atoms with van der Waals surface area (Å²) in [5.41, 5.74) is 1.02. The summed E-state index contributed by atoms with van der Waals surface area (Å²) < 4.78 is 7.53. The first-order valence-electron chi connectivity index (χ1n) is 6.23. The highest BCUT2D eigenvalue weighted by molar-refractivity contribution is 6.30. The van der Waals surface area contributed by atoms with Gasteiger partial charge in [0.1, 0.15) is 11.6 Å². The molecule has 2 rings (SSSR count). The molecule has 5 heteroatoms. The van der Waals surface area contributed by atoms with Crippen LogP contribution in [0.1, 0.15) is 24.4 Å². The van der Waals surface area contributed by atoms with Gasteiger partial charge in [-0.05, 0) is 26.1 Å². The van der Waals surface area contributed by atoms with Crippen LogP contribution >= 0.6 is 11.6 Å². The normalized spacial score (nSPS) is 12.4. The summed E-state index contributed by atoms with van der Waals surface area (Å²) in [6.07, 6.45) is 3.79. The summed E-state index contributed by atoms with van der Waals surface area (Å²) in [6, 6.07) is 5.63. The number of aromatic nitrogens is 2. The number of ether oxygens (including phenoxy) is 1. The van der Waals surface area contributed by atoms with Crippen LogP contribution in [0, 0.1) is 0 Å². The van der Waals surface area contributed by atoms with E-state index in [1.54, 1.807) is 7.11 Å². The fourth-order valence-corrected chi connectivity index (χ4v) is 2.36. The van der Waals surface area contributed by atoms with Crippen molar-refractivity contribution in [3.63, 3.8) is 0 Å². The first kappa shape index (κ1) is 13.9. The van der Waals surface area contributed by atoms with Crippen molar-refractivity contribution >= 4 is 11.6 Å². The number of methoxy groups -OCH3 is 1. The Morgan fingerprint density at radius 3 is 2.89 bits per heavy atom. The van der Waals surface area contributed by atoms with Crippen molar-refractivity contribution in [2.45, 2.75) is 19.5 Å². The molecular weight excluding hydrogens is 262 g/mol. The van der Waals surface area contributed by atoms with Crippen molar-refractivity contribution in [3.8, 4) is 5.75 Å². The van der Waals surface area contributed by atoms with E-state index in [1.807, 2.05) is 37.6 Å². The smallest absolute Gasteiger partial charge is 0.130 e. The van der Waals surface area contributed by atoms with Crippen LogP contribution in [-0.4, -0.2) is 23.7 Å². The average Bonchev–Trinajstić information content (AvgIpc) is 2.89. The number of benzene rings is 1. The first-order valence-corrected chi connectivity index (χ1v) is 6.60. The van der Waals surface area contributed by atoms with E-state index in [1.165, 1.54) is 0 Å². The maximum atomic E-state index is 6.01. The lowest BCUT2D eigenvalue weighted by Crippen LogP contribution is -2.22. The zero-order chi connectivity index (χ0) is 13.8. The molecule has 102 valence electrons. The highest BCUT2D eigenvalue weighted by atomic mass is 35.5. The van der Waals surface area contributed by atoms with Gasteiger partial charge in [-0.3, -0.25) is 0 Å². The summed E-state index contributed by atoms with van der Waals surface area (Å²) in [5, 5.41) is 3.94. The van der Waals surface area contributed by atoms with Crippen LogP contribution in [0.2, 0.25) is 5.02 Å². The minimum Gasteiger partial charge on any atom is -0.496 e. The number of hydrogen-bond donors (Lipinski definition) is 1. The van der Waals surface area contributed by atoms with Gasteiger partial charge < -0.3 is 14.6 Å². The summed E-state index contributed by atoms with van der Waals surface area (Å²) >= 11 is 6.01. The Morgan fingerprint density at radius 2 is 2.26 bits per heavy atom. The second kappa shape index (κ2) is 6.08. The molecule has 0 bridgehead atoms. The van der Waals surface area contributed by atoms with Crippen molar-refractivity contribution in [2.24, 2.45) is 0 Å². The molecule has 1 heterocycles. The lowest BCUT2D eigenvalue weighted by atomic mass is 10.0. The van der Waals surface area contributed by atoms with E-state index >= 15 is 0 Å². The van der Waals surface area contributed by atoms with E-state index in [2.05, 4.69) is 21.8 Å². The summed E-state index contributed by atoms with van der Waals surface area (Å²) in [5.74, 6) is 1.73. The molecule has 0 amide bonds. The Bertz CT molecular complexity index is 553. The molecule has 1 N–H and O–H groups in total. The predicted octanol–water partition coefficient (Wildman–Crippen LogP) is 2.87. The van der Waals surface area contributed by atoms with Gasteiger partial charge in [-0.15, -0.1) is 0 Å². The van der Waals surface area contributed by atoms with Crippen LogP contribution in [0.3, 0.4) is 0 Å². The lowest BCUT2D eigenvalue weighted by molar-refractivity contribution is 0.403. The molecule has 4 nitrogen and oxygen atoms in total. The van der Waals surface area contributed by atoms with Gasteiger partial charge in [-0.2, -0.15) is 0 Å². The Morgan fingerprint density at radius 1 is 1.47 bits per heavy atom. The van der Waals surface area contributed by atoms with Crippen LogP contribution in [0.4, 0.5) is 0 Å². The van der Waals surface area contributed by atoms with Gasteiger partial charge in [-0.1, -0.05) is 17.7 Å². The third-order valence-corrected chi connectivity index (χ3v) is 3.38. The SMILES string of the molecule is CCn1ccnc1C(NC)c1ccc(Cl)cc1OC. The van der Waals surface area contributed by atoms with Crippen LogP contribution < -0.4 is 10.1 Å². The molecule has 1 atom stereocenters. The fraction of sp³-hybridized carbons (Fsp3) is 0.357. The molecule has 0 aliphatic carbocycles. The van der Waals surface area contributed by atoms with Crippen molar-refractivity contribution in [3.05, 3.63) is 47.0 Å². The van der Waals surface area contributed by atoms with Crippen molar-refractivity contribution in [1.29, 1.82) is 0 Å². The third kappa shape index (κ3) is 2.74. The van der Waals surface area contributed by atoms with Gasteiger partial charge in [0.25, 0.3) is 0 Å². The molecule has 0 saturated heterocycles. The molecule has 0 aliphatic heterocycles. The zero-order valence-corrected chi connectivity index (χ0v) is 12.1. The Hall–Kier alpha value is -1.52. The average molecular weight is 280 g/mol. The van der Waals surface area contributed by atoms with E-state index in [-0.39, 0.29) is 6.04 Å². The number of imidazole rings is 1. The van der Waals surface area contributed by atoms with Crippen LogP contribution in [0.5, 0.6) is 5.75 Å². The monoisotopic (exact) mass is 279 g/mol. The number of nitrogens with zero attached hydrogens (tertiary/aromatic N) is 2. The molecule has 0 aliphatic rings. The van der Waals surface area contributed by atoms with Crippen LogP contribution in [0.25, 0.3) is 0 Å². The molecule has 0 radical (unpaired) electrons. The molecule has 1 unspecified atom stereocenters. The number of aryl methyl sites for hydroxylation is 1. The van der Waals surface area contributed by atoms with E-state index < -0.39 is 0 Å². The lowest BCUT2D eigenvalue weighted by Gasteiger charge is -2.20. The highest BCUT2D eigenvalue weighted by Crippen LogP contribution is 2.31. The molecular formula is C14H18ClN3O. The van der Waals surface area contributed by atoms with Gasteiger partial charge in [0, 0.05) is 29.5 Å². The van der Waals surface area contributed by atoms with Gasteiger partial charge in [0.05, 0.1) is 13.2 Å². The van der Waals surface area contributed by atoms with Crippen molar-refractivity contribution < 1.29 is 4.74 Å². The van der Waals surface area contributed by atoms with Crippen LogP contribution in [0.15, 0.2) is 30.6 Å². The quantitative estimate of drug-likeness (QED) is 0.915. The van der Waals surface area contributed by atoms with E-state index in [0.717, 1.165) is 23.7 Å². The number of nitrogens with one attached hydrogen (secondary N) is 1. The second-order valence-electron chi connectivity index (χ2n) is 4.18. The van der Waals surface area contributed by atoms with Gasteiger partial charge >= 0.3 is 0 Å². The molecule has 0 saturated carbocycles. The first-order chi connectivity index (χ1) is 9.21. The third-order valence-electron chi connectivity index (χ3n) is 3.14. The summed E-state index contributed by atoms with van der Waals surface area (Å²) in [4.78, 5) is 4.44. The Labute approximate surface area is 118 Å². The molecule has 1 aromatic heterocycles.